The van der Waals surface area contributed by atoms with Crippen LogP contribution in [0.15, 0.2) is 41.4 Å². The first-order chi connectivity index (χ1) is 10.7. The van der Waals surface area contributed by atoms with Crippen molar-refractivity contribution >= 4 is 5.71 Å². The van der Waals surface area contributed by atoms with Gasteiger partial charge in [0, 0.05) is 29.8 Å². The molecule has 3 nitrogen and oxygen atoms in total. The number of hydrogen-bond acceptors (Lipinski definition) is 3. The van der Waals surface area contributed by atoms with E-state index in [0.29, 0.717) is 30.9 Å². The molecule has 0 saturated heterocycles. The first kappa shape index (κ1) is 14.8. The van der Waals surface area contributed by atoms with Gasteiger partial charge < -0.3 is 10.4 Å². The molecule has 0 unspecified atom stereocenters. The van der Waals surface area contributed by atoms with Crippen molar-refractivity contribution in [3.8, 4) is 11.1 Å². The monoisotopic (exact) mass is 302 g/mol. The molecule has 0 saturated carbocycles. The van der Waals surface area contributed by atoms with Gasteiger partial charge in [0.05, 0.1) is 18.9 Å². The number of aliphatic imine (C=N–C) groups is 1. The summed E-state index contributed by atoms with van der Waals surface area (Å²) in [5.41, 5.74) is 2.45. The fourth-order valence-electron chi connectivity index (χ4n) is 2.70. The van der Waals surface area contributed by atoms with Crippen molar-refractivity contribution in [1.82, 2.24) is 5.32 Å². The Labute approximate surface area is 127 Å². The molecule has 0 aliphatic heterocycles. The van der Waals surface area contributed by atoms with E-state index in [2.05, 4.69) is 10.3 Å². The Morgan fingerprint density at radius 3 is 2.32 bits per heavy atom. The highest BCUT2D eigenvalue weighted by Crippen LogP contribution is 2.39. The SMILES string of the molecule is OCCNCCN=C1c2ccccc2-c2c(F)ccc(F)c21. The van der Waals surface area contributed by atoms with Crippen LogP contribution in [0.5, 0.6) is 0 Å². The molecular formula is C17H16F2N2O. The van der Waals surface area contributed by atoms with Crippen LogP contribution in [0.25, 0.3) is 11.1 Å². The topological polar surface area (TPSA) is 44.6 Å². The molecule has 1 aliphatic rings. The van der Waals surface area contributed by atoms with Gasteiger partial charge in [0.1, 0.15) is 11.6 Å². The van der Waals surface area contributed by atoms with Crippen molar-refractivity contribution in [2.24, 2.45) is 4.99 Å². The number of aliphatic hydroxyl groups excluding tert-OH is 1. The summed E-state index contributed by atoms with van der Waals surface area (Å²) in [5.74, 6) is -0.901. The summed E-state index contributed by atoms with van der Waals surface area (Å²) < 4.78 is 28.4. The second-order valence-electron chi connectivity index (χ2n) is 5.03. The predicted molar refractivity (Wildman–Crippen MR) is 82.3 cm³/mol. The van der Waals surface area contributed by atoms with E-state index in [1.807, 2.05) is 12.1 Å². The molecule has 0 amide bonds. The van der Waals surface area contributed by atoms with Crippen LogP contribution < -0.4 is 5.32 Å². The number of fused-ring (bicyclic) bond motifs is 3. The van der Waals surface area contributed by atoms with Gasteiger partial charge in [-0.3, -0.25) is 4.99 Å². The highest BCUT2D eigenvalue weighted by atomic mass is 19.1. The van der Waals surface area contributed by atoms with Crippen molar-refractivity contribution in [3.63, 3.8) is 0 Å². The van der Waals surface area contributed by atoms with Gasteiger partial charge in [-0.25, -0.2) is 8.78 Å². The van der Waals surface area contributed by atoms with Crippen LogP contribution in [0.2, 0.25) is 0 Å². The molecule has 0 aromatic heterocycles. The summed E-state index contributed by atoms with van der Waals surface area (Å²) in [7, 11) is 0. The van der Waals surface area contributed by atoms with Crippen LogP contribution in [0.3, 0.4) is 0 Å². The van der Waals surface area contributed by atoms with Gasteiger partial charge in [0.2, 0.25) is 0 Å². The smallest absolute Gasteiger partial charge is 0.133 e. The third-order valence-electron chi connectivity index (χ3n) is 3.64. The summed E-state index contributed by atoms with van der Waals surface area (Å²) >= 11 is 0. The highest BCUT2D eigenvalue weighted by molar-refractivity contribution is 6.24. The quantitative estimate of drug-likeness (QED) is 0.711. The predicted octanol–water partition coefficient (Wildman–Crippen LogP) is 2.36. The summed E-state index contributed by atoms with van der Waals surface area (Å²) in [5, 5.41) is 11.7. The van der Waals surface area contributed by atoms with Crippen molar-refractivity contribution in [3.05, 3.63) is 59.2 Å². The first-order valence-corrected chi connectivity index (χ1v) is 7.18. The number of nitrogens with zero attached hydrogens (tertiary/aromatic N) is 1. The molecule has 2 aromatic carbocycles. The Bertz CT molecular complexity index is 729. The van der Waals surface area contributed by atoms with Crippen molar-refractivity contribution < 1.29 is 13.9 Å². The van der Waals surface area contributed by atoms with Crippen molar-refractivity contribution in [2.45, 2.75) is 0 Å². The molecule has 5 heteroatoms. The molecule has 0 atom stereocenters. The van der Waals surface area contributed by atoms with Crippen LogP contribution in [0, 0.1) is 11.6 Å². The molecule has 0 bridgehead atoms. The fourth-order valence-corrected chi connectivity index (χ4v) is 2.70. The van der Waals surface area contributed by atoms with E-state index in [4.69, 9.17) is 5.11 Å². The van der Waals surface area contributed by atoms with E-state index < -0.39 is 11.6 Å². The molecule has 0 fully saturated rings. The number of aliphatic hydroxyl groups is 1. The van der Waals surface area contributed by atoms with Crippen LogP contribution in [0.4, 0.5) is 8.78 Å². The number of halogens is 2. The van der Waals surface area contributed by atoms with Gasteiger partial charge in [0.25, 0.3) is 0 Å². The van der Waals surface area contributed by atoms with Gasteiger partial charge in [-0.05, 0) is 17.7 Å². The molecular weight excluding hydrogens is 286 g/mol. The van der Waals surface area contributed by atoms with Crippen molar-refractivity contribution in [2.75, 3.05) is 26.2 Å². The largest absolute Gasteiger partial charge is 0.395 e. The van der Waals surface area contributed by atoms with E-state index in [-0.39, 0.29) is 17.7 Å². The summed E-state index contributed by atoms with van der Waals surface area (Å²) in [6.07, 6.45) is 0. The number of nitrogens with one attached hydrogen (secondary N) is 1. The third-order valence-corrected chi connectivity index (χ3v) is 3.64. The molecule has 1 aliphatic carbocycles. The van der Waals surface area contributed by atoms with Crippen molar-refractivity contribution in [1.29, 1.82) is 0 Å². The molecule has 0 radical (unpaired) electrons. The minimum absolute atomic E-state index is 0.0576. The van der Waals surface area contributed by atoms with Crippen LogP contribution in [0.1, 0.15) is 11.1 Å². The molecule has 2 aromatic rings. The second-order valence-corrected chi connectivity index (χ2v) is 5.03. The van der Waals surface area contributed by atoms with Crippen LogP contribution in [-0.2, 0) is 0 Å². The Morgan fingerprint density at radius 1 is 0.909 bits per heavy atom. The van der Waals surface area contributed by atoms with Gasteiger partial charge in [-0.15, -0.1) is 0 Å². The highest BCUT2D eigenvalue weighted by Gasteiger charge is 2.30. The summed E-state index contributed by atoms with van der Waals surface area (Å²) in [6, 6.07) is 9.53. The first-order valence-electron chi connectivity index (χ1n) is 7.18. The summed E-state index contributed by atoms with van der Waals surface area (Å²) in [4.78, 5) is 4.45. The lowest BCUT2D eigenvalue weighted by Crippen LogP contribution is -2.21. The fraction of sp³-hybridized carbons (Fsp3) is 0.235. The van der Waals surface area contributed by atoms with Crippen LogP contribution in [-0.4, -0.2) is 37.1 Å². The molecule has 3 rings (SSSR count). The van der Waals surface area contributed by atoms with Gasteiger partial charge in [-0.1, -0.05) is 24.3 Å². The number of benzene rings is 2. The molecule has 2 N–H and O–H groups in total. The second kappa shape index (κ2) is 6.34. The number of rotatable bonds is 5. The lowest BCUT2D eigenvalue weighted by molar-refractivity contribution is 0.293. The average Bonchev–Trinajstić information content (AvgIpc) is 2.87. The normalized spacial score (nSPS) is 14.2. The lowest BCUT2D eigenvalue weighted by Gasteiger charge is -2.05. The maximum atomic E-state index is 14.2. The van der Waals surface area contributed by atoms with E-state index in [9.17, 15) is 8.78 Å². The van der Waals surface area contributed by atoms with Crippen LogP contribution >= 0.6 is 0 Å². The minimum Gasteiger partial charge on any atom is -0.395 e. The standard InChI is InChI=1S/C17H16F2N2O/c18-13-5-6-14(19)16-15(13)11-3-1-2-4-12(11)17(16)21-8-7-20-9-10-22/h1-6,20,22H,7-10H2. The zero-order valence-corrected chi connectivity index (χ0v) is 11.9. The third kappa shape index (κ3) is 2.53. The Kier molecular flexibility index (Phi) is 4.27. The zero-order chi connectivity index (χ0) is 15.5. The average molecular weight is 302 g/mol. The van der Waals surface area contributed by atoms with Gasteiger partial charge >= 0.3 is 0 Å². The number of hydrogen-bond donors (Lipinski definition) is 2. The van der Waals surface area contributed by atoms with E-state index in [1.54, 1.807) is 12.1 Å². The Balaban J connectivity index is 2.01. The maximum Gasteiger partial charge on any atom is 0.133 e. The van der Waals surface area contributed by atoms with Gasteiger partial charge in [-0.2, -0.15) is 0 Å². The molecule has 114 valence electrons. The Hall–Kier alpha value is -2.11. The summed E-state index contributed by atoms with van der Waals surface area (Å²) in [6.45, 7) is 1.54. The molecule has 0 heterocycles. The lowest BCUT2D eigenvalue weighted by atomic mass is 10.1. The minimum atomic E-state index is -0.463. The zero-order valence-electron chi connectivity index (χ0n) is 11.9. The maximum absolute atomic E-state index is 14.2. The van der Waals surface area contributed by atoms with E-state index in [1.165, 1.54) is 0 Å². The molecule has 22 heavy (non-hydrogen) atoms. The van der Waals surface area contributed by atoms with E-state index >= 15 is 0 Å². The molecule has 0 spiro atoms. The van der Waals surface area contributed by atoms with E-state index in [0.717, 1.165) is 17.7 Å². The Morgan fingerprint density at radius 2 is 1.59 bits per heavy atom. The van der Waals surface area contributed by atoms with Gasteiger partial charge in [0.15, 0.2) is 0 Å².